The molecule has 0 bridgehead atoms. The molecule has 2 rings (SSSR count). The van der Waals surface area contributed by atoms with Gasteiger partial charge in [0.05, 0.1) is 41.4 Å². The van der Waals surface area contributed by atoms with E-state index in [2.05, 4.69) is 10.6 Å². The van der Waals surface area contributed by atoms with Crippen LogP contribution < -0.4 is 10.6 Å². The first-order chi connectivity index (χ1) is 11.4. The molecule has 0 saturated carbocycles. The molecule has 4 atom stereocenters. The fraction of sp³-hybridized carbons (Fsp3) is 0.400. The minimum absolute atomic E-state index is 0.0365. The lowest BCUT2D eigenvalue weighted by Gasteiger charge is -2.15. The molecule has 130 valence electrons. The predicted octanol–water partition coefficient (Wildman–Crippen LogP) is -1.22. The molecule has 0 unspecified atom stereocenters. The molecule has 1 saturated heterocycles. The number of benzene rings is 1. The molecule has 1 amide bonds. The van der Waals surface area contributed by atoms with E-state index in [1.54, 1.807) is 6.07 Å². The standard InChI is InChI=1S/C15H19N3O6/c19-8-11-15(22)14(21)10(17-11)7-16-13(20)6-5-9-3-1-2-4-12(9)18(23)24/h1-6,10-11,14-15,17,19,21-22H,7-8H2,(H,16,20)/b6-5+/t10-,11+,14+,15-/m0/s1. The number of carbonyl (C=O) groups is 1. The van der Waals surface area contributed by atoms with Gasteiger partial charge in [-0.05, 0) is 12.1 Å². The van der Waals surface area contributed by atoms with Crippen LogP contribution in [0.25, 0.3) is 6.08 Å². The van der Waals surface area contributed by atoms with Crippen molar-refractivity contribution in [2.75, 3.05) is 13.2 Å². The van der Waals surface area contributed by atoms with Crippen molar-refractivity contribution in [2.45, 2.75) is 24.3 Å². The minimum atomic E-state index is -1.11. The van der Waals surface area contributed by atoms with E-state index in [0.29, 0.717) is 5.56 Å². The molecule has 1 aliphatic rings. The van der Waals surface area contributed by atoms with Gasteiger partial charge in [-0.1, -0.05) is 12.1 Å². The quantitative estimate of drug-likeness (QED) is 0.248. The lowest BCUT2D eigenvalue weighted by molar-refractivity contribution is -0.385. The molecule has 0 aromatic heterocycles. The van der Waals surface area contributed by atoms with E-state index in [0.717, 1.165) is 6.08 Å². The van der Waals surface area contributed by atoms with Crippen LogP contribution in [-0.2, 0) is 4.79 Å². The number of hydrogen-bond donors (Lipinski definition) is 5. The Hall–Kier alpha value is -2.33. The van der Waals surface area contributed by atoms with Gasteiger partial charge in [-0.15, -0.1) is 0 Å². The summed E-state index contributed by atoms with van der Waals surface area (Å²) in [7, 11) is 0. The Labute approximate surface area is 137 Å². The van der Waals surface area contributed by atoms with Crippen LogP contribution in [0.4, 0.5) is 5.69 Å². The Balaban J connectivity index is 1.91. The van der Waals surface area contributed by atoms with E-state index >= 15 is 0 Å². The van der Waals surface area contributed by atoms with Crippen LogP contribution in [-0.4, -0.2) is 63.6 Å². The Bertz CT molecular complexity index is 635. The number of nitrogens with zero attached hydrogens (tertiary/aromatic N) is 1. The van der Waals surface area contributed by atoms with Gasteiger partial charge in [0.2, 0.25) is 5.91 Å². The number of nitro benzene ring substituents is 1. The van der Waals surface area contributed by atoms with Gasteiger partial charge in [0, 0.05) is 18.7 Å². The normalized spacial score (nSPS) is 26.6. The van der Waals surface area contributed by atoms with E-state index in [4.69, 9.17) is 5.11 Å². The van der Waals surface area contributed by atoms with Gasteiger partial charge in [-0.3, -0.25) is 14.9 Å². The van der Waals surface area contributed by atoms with Crippen molar-refractivity contribution in [3.63, 3.8) is 0 Å². The van der Waals surface area contributed by atoms with Gasteiger partial charge in [-0.25, -0.2) is 0 Å². The molecule has 0 spiro atoms. The summed E-state index contributed by atoms with van der Waals surface area (Å²) in [4.78, 5) is 22.2. The summed E-state index contributed by atoms with van der Waals surface area (Å²) in [5, 5.41) is 44.7. The van der Waals surface area contributed by atoms with Crippen LogP contribution in [0.5, 0.6) is 0 Å². The summed E-state index contributed by atoms with van der Waals surface area (Å²) in [5.74, 6) is -0.496. The van der Waals surface area contributed by atoms with Crippen molar-refractivity contribution in [3.8, 4) is 0 Å². The molecular formula is C15H19N3O6. The number of rotatable bonds is 6. The van der Waals surface area contributed by atoms with Crippen molar-refractivity contribution >= 4 is 17.7 Å². The number of carbonyl (C=O) groups excluding carboxylic acids is 1. The second-order valence-electron chi connectivity index (χ2n) is 5.44. The number of amides is 1. The first-order valence-corrected chi connectivity index (χ1v) is 7.36. The van der Waals surface area contributed by atoms with Crippen LogP contribution in [0, 0.1) is 10.1 Å². The summed E-state index contributed by atoms with van der Waals surface area (Å²) < 4.78 is 0. The molecule has 0 radical (unpaired) electrons. The Morgan fingerprint density at radius 1 is 1.29 bits per heavy atom. The highest BCUT2D eigenvalue weighted by atomic mass is 16.6. The lowest BCUT2D eigenvalue weighted by Crippen LogP contribution is -2.43. The zero-order valence-corrected chi connectivity index (χ0v) is 12.7. The topological polar surface area (TPSA) is 145 Å². The highest BCUT2D eigenvalue weighted by Crippen LogP contribution is 2.18. The SMILES string of the molecule is O=C(/C=C/c1ccccc1[N+](=O)[O-])NC[C@@H]1N[C@H](CO)[C@H](O)[C@@H]1O. The van der Waals surface area contributed by atoms with Crippen LogP contribution in [0.2, 0.25) is 0 Å². The number of para-hydroxylation sites is 1. The number of nitro groups is 1. The second kappa shape index (κ2) is 7.97. The molecule has 0 aliphatic carbocycles. The van der Waals surface area contributed by atoms with Gasteiger partial charge < -0.3 is 26.0 Å². The van der Waals surface area contributed by atoms with Crippen molar-refractivity contribution in [1.82, 2.24) is 10.6 Å². The average Bonchev–Trinajstić information content (AvgIpc) is 2.85. The third kappa shape index (κ3) is 4.15. The zero-order chi connectivity index (χ0) is 17.7. The minimum Gasteiger partial charge on any atom is -0.395 e. The molecule has 1 fully saturated rings. The third-order valence-corrected chi connectivity index (χ3v) is 3.84. The number of nitrogens with one attached hydrogen (secondary N) is 2. The summed E-state index contributed by atoms with van der Waals surface area (Å²) in [5.41, 5.74) is 0.191. The molecule has 9 nitrogen and oxygen atoms in total. The van der Waals surface area contributed by atoms with Crippen molar-refractivity contribution in [3.05, 3.63) is 46.0 Å². The molecule has 1 aromatic carbocycles. The van der Waals surface area contributed by atoms with E-state index in [1.165, 1.54) is 24.3 Å². The van der Waals surface area contributed by atoms with Crippen LogP contribution in [0.1, 0.15) is 5.56 Å². The largest absolute Gasteiger partial charge is 0.395 e. The highest BCUT2D eigenvalue weighted by molar-refractivity contribution is 5.92. The highest BCUT2D eigenvalue weighted by Gasteiger charge is 2.40. The average molecular weight is 337 g/mol. The second-order valence-corrected chi connectivity index (χ2v) is 5.44. The number of aliphatic hydroxyl groups is 3. The maximum atomic E-state index is 11.8. The van der Waals surface area contributed by atoms with Gasteiger partial charge in [0.1, 0.15) is 0 Å². The first-order valence-electron chi connectivity index (χ1n) is 7.36. The fourth-order valence-corrected chi connectivity index (χ4v) is 2.52. The van der Waals surface area contributed by atoms with Gasteiger partial charge >= 0.3 is 0 Å². The van der Waals surface area contributed by atoms with Crippen LogP contribution >= 0.6 is 0 Å². The Kier molecular flexibility index (Phi) is 5.99. The Morgan fingerprint density at radius 3 is 2.58 bits per heavy atom. The summed E-state index contributed by atoms with van der Waals surface area (Å²) in [6.07, 6.45) is 0.266. The predicted molar refractivity (Wildman–Crippen MR) is 85.0 cm³/mol. The maximum Gasteiger partial charge on any atom is 0.276 e. The first kappa shape index (κ1) is 18.0. The van der Waals surface area contributed by atoms with Gasteiger partial charge in [0.25, 0.3) is 5.69 Å². The molecule has 9 heteroatoms. The molecule has 1 aliphatic heterocycles. The third-order valence-electron chi connectivity index (χ3n) is 3.84. The molecule has 24 heavy (non-hydrogen) atoms. The number of hydrogen-bond acceptors (Lipinski definition) is 7. The summed E-state index contributed by atoms with van der Waals surface area (Å²) >= 11 is 0. The smallest absolute Gasteiger partial charge is 0.276 e. The fourth-order valence-electron chi connectivity index (χ4n) is 2.52. The monoisotopic (exact) mass is 337 g/mol. The van der Waals surface area contributed by atoms with E-state index in [1.807, 2.05) is 0 Å². The van der Waals surface area contributed by atoms with Gasteiger partial charge in [-0.2, -0.15) is 0 Å². The molecule has 1 aromatic rings. The van der Waals surface area contributed by atoms with E-state index in [9.17, 15) is 25.1 Å². The molecule has 1 heterocycles. The van der Waals surface area contributed by atoms with Crippen molar-refractivity contribution in [2.24, 2.45) is 0 Å². The molecular weight excluding hydrogens is 318 g/mol. The van der Waals surface area contributed by atoms with Crippen molar-refractivity contribution in [1.29, 1.82) is 0 Å². The maximum absolute atomic E-state index is 11.8. The zero-order valence-electron chi connectivity index (χ0n) is 12.7. The van der Waals surface area contributed by atoms with Crippen LogP contribution in [0.15, 0.2) is 30.3 Å². The van der Waals surface area contributed by atoms with Crippen LogP contribution in [0.3, 0.4) is 0 Å². The number of aliphatic hydroxyl groups excluding tert-OH is 3. The van der Waals surface area contributed by atoms with E-state index in [-0.39, 0.29) is 18.8 Å². The van der Waals surface area contributed by atoms with Gasteiger partial charge in [0.15, 0.2) is 0 Å². The van der Waals surface area contributed by atoms with Crippen molar-refractivity contribution < 1.29 is 25.0 Å². The Morgan fingerprint density at radius 2 is 1.96 bits per heavy atom. The summed E-state index contributed by atoms with van der Waals surface area (Å²) in [6, 6.07) is 4.77. The lowest BCUT2D eigenvalue weighted by atomic mass is 10.1. The summed E-state index contributed by atoms with van der Waals surface area (Å²) in [6.45, 7) is -0.297. The molecule has 5 N–H and O–H groups in total. The van der Waals surface area contributed by atoms with E-state index < -0.39 is 35.1 Å².